The van der Waals surface area contributed by atoms with Crippen molar-refractivity contribution in [3.8, 4) is 0 Å². The lowest BCUT2D eigenvalue weighted by Crippen LogP contribution is -2.11. The number of benzene rings is 1. The van der Waals surface area contributed by atoms with Crippen molar-refractivity contribution < 1.29 is 4.42 Å². The Morgan fingerprint density at radius 3 is 2.83 bits per heavy atom. The molecule has 2 aromatic heterocycles. The molecule has 18 heavy (non-hydrogen) atoms. The number of nitrogens with one attached hydrogen (secondary N) is 1. The minimum Gasteiger partial charge on any atom is -0.472 e. The van der Waals surface area contributed by atoms with Gasteiger partial charge in [-0.3, -0.25) is 4.98 Å². The third kappa shape index (κ3) is 2.41. The molecule has 1 N–H and O–H groups in total. The van der Waals surface area contributed by atoms with Crippen molar-refractivity contribution in [2.45, 2.75) is 13.1 Å². The molecule has 3 heteroatoms. The van der Waals surface area contributed by atoms with Gasteiger partial charge in [0.15, 0.2) is 0 Å². The van der Waals surface area contributed by atoms with Gasteiger partial charge in [-0.2, -0.15) is 0 Å². The van der Waals surface area contributed by atoms with Gasteiger partial charge in [-0.05, 0) is 29.1 Å². The van der Waals surface area contributed by atoms with E-state index in [-0.39, 0.29) is 0 Å². The number of aromatic nitrogens is 1. The van der Waals surface area contributed by atoms with Crippen molar-refractivity contribution in [2.24, 2.45) is 0 Å². The van der Waals surface area contributed by atoms with Crippen LogP contribution in [0.1, 0.15) is 11.1 Å². The molecule has 3 rings (SSSR count). The van der Waals surface area contributed by atoms with Crippen molar-refractivity contribution in [3.05, 3.63) is 66.4 Å². The highest BCUT2D eigenvalue weighted by atomic mass is 16.3. The molecule has 0 aliphatic carbocycles. The zero-order valence-corrected chi connectivity index (χ0v) is 9.97. The molecule has 0 spiro atoms. The SMILES string of the molecule is c1cc2cc(CNCc3ccoc3)ccc2cn1. The Labute approximate surface area is 105 Å². The second-order valence-electron chi connectivity index (χ2n) is 4.29. The van der Waals surface area contributed by atoms with E-state index in [1.165, 1.54) is 21.9 Å². The van der Waals surface area contributed by atoms with Crippen molar-refractivity contribution in [1.82, 2.24) is 10.3 Å². The Hall–Kier alpha value is -2.13. The fraction of sp³-hybridized carbons (Fsp3) is 0.133. The molecule has 0 atom stereocenters. The molecule has 0 aliphatic heterocycles. The molecule has 2 heterocycles. The van der Waals surface area contributed by atoms with Crippen LogP contribution in [0.2, 0.25) is 0 Å². The Balaban J connectivity index is 1.67. The summed E-state index contributed by atoms with van der Waals surface area (Å²) in [5.74, 6) is 0. The molecule has 0 saturated heterocycles. The van der Waals surface area contributed by atoms with Gasteiger partial charge in [-0.1, -0.05) is 12.1 Å². The quantitative estimate of drug-likeness (QED) is 0.759. The first-order valence-corrected chi connectivity index (χ1v) is 5.96. The van der Waals surface area contributed by atoms with Crippen LogP contribution in [0.3, 0.4) is 0 Å². The molecule has 0 bridgehead atoms. The average Bonchev–Trinajstić information content (AvgIpc) is 2.92. The number of furan rings is 1. The van der Waals surface area contributed by atoms with Gasteiger partial charge in [-0.15, -0.1) is 0 Å². The summed E-state index contributed by atoms with van der Waals surface area (Å²) in [6, 6.07) is 10.4. The first-order chi connectivity index (χ1) is 8.92. The maximum Gasteiger partial charge on any atom is 0.0947 e. The number of hydrogen-bond donors (Lipinski definition) is 1. The van der Waals surface area contributed by atoms with E-state index < -0.39 is 0 Å². The fourth-order valence-corrected chi connectivity index (χ4v) is 1.99. The largest absolute Gasteiger partial charge is 0.472 e. The summed E-state index contributed by atoms with van der Waals surface area (Å²) < 4.78 is 5.03. The Bertz CT molecular complexity index is 632. The van der Waals surface area contributed by atoms with E-state index in [0.29, 0.717) is 0 Å². The third-order valence-corrected chi connectivity index (χ3v) is 2.94. The van der Waals surface area contributed by atoms with Gasteiger partial charge in [-0.25, -0.2) is 0 Å². The van der Waals surface area contributed by atoms with Gasteiger partial charge in [0, 0.05) is 36.4 Å². The second-order valence-corrected chi connectivity index (χ2v) is 4.29. The molecule has 0 fully saturated rings. The van der Waals surface area contributed by atoms with E-state index in [9.17, 15) is 0 Å². The molecule has 1 aromatic carbocycles. The molecule has 0 unspecified atom stereocenters. The van der Waals surface area contributed by atoms with Crippen LogP contribution >= 0.6 is 0 Å². The monoisotopic (exact) mass is 238 g/mol. The Kier molecular flexibility index (Phi) is 3.07. The Morgan fingerprint density at radius 1 is 1.00 bits per heavy atom. The lowest BCUT2D eigenvalue weighted by atomic mass is 10.1. The van der Waals surface area contributed by atoms with Crippen LogP contribution in [0.4, 0.5) is 0 Å². The predicted octanol–water partition coefficient (Wildman–Crippen LogP) is 3.12. The van der Waals surface area contributed by atoms with E-state index in [0.717, 1.165) is 13.1 Å². The van der Waals surface area contributed by atoms with Crippen LogP contribution in [-0.2, 0) is 13.1 Å². The van der Waals surface area contributed by atoms with E-state index >= 15 is 0 Å². The summed E-state index contributed by atoms with van der Waals surface area (Å²) in [6.45, 7) is 1.67. The van der Waals surface area contributed by atoms with Crippen molar-refractivity contribution in [2.75, 3.05) is 0 Å². The number of pyridine rings is 1. The molecule has 0 amide bonds. The normalized spacial score (nSPS) is 10.9. The van der Waals surface area contributed by atoms with Crippen LogP contribution in [0, 0.1) is 0 Å². The molecule has 90 valence electrons. The fourth-order valence-electron chi connectivity index (χ4n) is 1.99. The summed E-state index contributed by atoms with van der Waals surface area (Å²) in [6.07, 6.45) is 7.17. The van der Waals surface area contributed by atoms with Gasteiger partial charge in [0.2, 0.25) is 0 Å². The molecule has 0 saturated carbocycles. The highest BCUT2D eigenvalue weighted by Crippen LogP contribution is 2.14. The topological polar surface area (TPSA) is 38.1 Å². The van der Waals surface area contributed by atoms with Crippen LogP contribution < -0.4 is 5.32 Å². The van der Waals surface area contributed by atoms with E-state index in [2.05, 4.69) is 28.5 Å². The van der Waals surface area contributed by atoms with E-state index in [4.69, 9.17) is 4.42 Å². The molecular formula is C15H14N2O. The van der Waals surface area contributed by atoms with Crippen LogP contribution in [0.25, 0.3) is 10.8 Å². The lowest BCUT2D eigenvalue weighted by Gasteiger charge is -2.05. The molecule has 3 aromatic rings. The number of fused-ring (bicyclic) bond motifs is 1. The van der Waals surface area contributed by atoms with Gasteiger partial charge in [0.05, 0.1) is 12.5 Å². The predicted molar refractivity (Wildman–Crippen MR) is 71.0 cm³/mol. The zero-order valence-electron chi connectivity index (χ0n) is 9.97. The lowest BCUT2D eigenvalue weighted by molar-refractivity contribution is 0.560. The minimum atomic E-state index is 0.824. The van der Waals surface area contributed by atoms with Crippen molar-refractivity contribution in [3.63, 3.8) is 0 Å². The summed E-state index contributed by atoms with van der Waals surface area (Å²) in [4.78, 5) is 4.11. The molecule has 0 radical (unpaired) electrons. The van der Waals surface area contributed by atoms with E-state index in [1.54, 1.807) is 12.5 Å². The van der Waals surface area contributed by atoms with Crippen LogP contribution in [-0.4, -0.2) is 4.98 Å². The number of nitrogens with zero attached hydrogens (tertiary/aromatic N) is 1. The first-order valence-electron chi connectivity index (χ1n) is 5.96. The van der Waals surface area contributed by atoms with Gasteiger partial charge in [0.1, 0.15) is 0 Å². The number of rotatable bonds is 4. The third-order valence-electron chi connectivity index (χ3n) is 2.94. The van der Waals surface area contributed by atoms with Crippen LogP contribution in [0.5, 0.6) is 0 Å². The van der Waals surface area contributed by atoms with Gasteiger partial charge < -0.3 is 9.73 Å². The van der Waals surface area contributed by atoms with Crippen LogP contribution in [0.15, 0.2) is 59.7 Å². The van der Waals surface area contributed by atoms with Gasteiger partial charge >= 0.3 is 0 Å². The summed E-state index contributed by atoms with van der Waals surface area (Å²) >= 11 is 0. The molecule has 0 aliphatic rings. The van der Waals surface area contributed by atoms with Gasteiger partial charge in [0.25, 0.3) is 0 Å². The van der Waals surface area contributed by atoms with E-state index in [1.807, 2.05) is 24.5 Å². The highest BCUT2D eigenvalue weighted by molar-refractivity contribution is 5.81. The summed E-state index contributed by atoms with van der Waals surface area (Å²) in [5.41, 5.74) is 2.44. The average molecular weight is 238 g/mol. The smallest absolute Gasteiger partial charge is 0.0947 e. The number of hydrogen-bond acceptors (Lipinski definition) is 3. The summed E-state index contributed by atoms with van der Waals surface area (Å²) in [7, 11) is 0. The van der Waals surface area contributed by atoms with Crippen molar-refractivity contribution in [1.29, 1.82) is 0 Å². The highest BCUT2D eigenvalue weighted by Gasteiger charge is 1.97. The Morgan fingerprint density at radius 2 is 1.94 bits per heavy atom. The van der Waals surface area contributed by atoms with Crippen molar-refractivity contribution >= 4 is 10.8 Å². The molecular weight excluding hydrogens is 224 g/mol. The first kappa shape index (κ1) is 11.0. The second kappa shape index (κ2) is 5.02. The minimum absolute atomic E-state index is 0.824. The zero-order chi connectivity index (χ0) is 12.2. The standard InChI is InChI=1S/C15H14N2O/c1-2-15-10-16-5-3-14(15)7-12(1)8-17-9-13-4-6-18-11-13/h1-7,10-11,17H,8-9H2. The summed E-state index contributed by atoms with van der Waals surface area (Å²) in [5, 5.41) is 5.80. The maximum absolute atomic E-state index is 5.03. The molecule has 3 nitrogen and oxygen atoms in total. The maximum atomic E-state index is 5.03.